The number of rotatable bonds is 4. The Balaban J connectivity index is 4.20. The van der Waals surface area contributed by atoms with E-state index in [1.165, 1.54) is 0 Å². The van der Waals surface area contributed by atoms with E-state index in [1.54, 1.807) is 18.7 Å². The van der Waals surface area contributed by atoms with Crippen LogP contribution in [0.1, 0.15) is 13.8 Å². The van der Waals surface area contributed by atoms with Crippen molar-refractivity contribution >= 4 is 17.5 Å². The molecule has 11 heavy (non-hydrogen) atoms. The van der Waals surface area contributed by atoms with E-state index >= 15 is 0 Å². The van der Waals surface area contributed by atoms with Crippen molar-refractivity contribution in [3.05, 3.63) is 11.1 Å². The van der Waals surface area contributed by atoms with Crippen LogP contribution < -0.4 is 0 Å². The molecule has 2 nitrogen and oxygen atoms in total. The molecule has 0 aliphatic carbocycles. The van der Waals surface area contributed by atoms with Gasteiger partial charge in [-0.05, 0) is 12.7 Å². The second-order valence-corrected chi connectivity index (χ2v) is 3.75. The number of ketones is 1. The summed E-state index contributed by atoms with van der Waals surface area (Å²) in [5, 5.41) is 0. The summed E-state index contributed by atoms with van der Waals surface area (Å²) < 4.78 is 0. The standard InChI is InChI=1S/C8H15NOS/c1-5-11-8(7(2)10)6-9(3)4/h6H,5H2,1-4H3/b8-6+. The molecule has 0 rings (SSSR count). The lowest BCUT2D eigenvalue weighted by Gasteiger charge is -2.07. The van der Waals surface area contributed by atoms with E-state index in [0.29, 0.717) is 0 Å². The van der Waals surface area contributed by atoms with Gasteiger partial charge in [0.25, 0.3) is 0 Å². The van der Waals surface area contributed by atoms with Gasteiger partial charge in [-0.1, -0.05) is 6.92 Å². The van der Waals surface area contributed by atoms with Gasteiger partial charge in [0.2, 0.25) is 0 Å². The number of allylic oxidation sites excluding steroid dienone is 1. The highest BCUT2D eigenvalue weighted by Gasteiger charge is 2.02. The summed E-state index contributed by atoms with van der Waals surface area (Å²) in [4.78, 5) is 13.7. The topological polar surface area (TPSA) is 20.3 Å². The van der Waals surface area contributed by atoms with Crippen molar-refractivity contribution in [2.45, 2.75) is 13.8 Å². The highest BCUT2D eigenvalue weighted by molar-refractivity contribution is 8.03. The molecule has 0 saturated carbocycles. The zero-order chi connectivity index (χ0) is 8.85. The molecule has 0 aliphatic heterocycles. The minimum Gasteiger partial charge on any atom is -0.382 e. The Bertz CT molecular complexity index is 163. The van der Waals surface area contributed by atoms with E-state index in [2.05, 4.69) is 0 Å². The van der Waals surface area contributed by atoms with Crippen LogP contribution in [0.25, 0.3) is 0 Å². The Morgan fingerprint density at radius 1 is 1.55 bits per heavy atom. The van der Waals surface area contributed by atoms with Crippen molar-refractivity contribution < 1.29 is 4.79 Å². The molecule has 0 aromatic carbocycles. The first-order valence-electron chi connectivity index (χ1n) is 3.60. The second-order valence-electron chi connectivity index (χ2n) is 2.45. The summed E-state index contributed by atoms with van der Waals surface area (Å²) >= 11 is 1.58. The second kappa shape index (κ2) is 5.24. The van der Waals surface area contributed by atoms with Gasteiger partial charge in [0.15, 0.2) is 5.78 Å². The highest BCUT2D eigenvalue weighted by atomic mass is 32.2. The lowest BCUT2D eigenvalue weighted by molar-refractivity contribution is -0.113. The smallest absolute Gasteiger partial charge is 0.167 e. The summed E-state index contributed by atoms with van der Waals surface area (Å²) in [6, 6.07) is 0. The van der Waals surface area contributed by atoms with Crippen LogP contribution in [0.3, 0.4) is 0 Å². The van der Waals surface area contributed by atoms with E-state index in [9.17, 15) is 4.79 Å². The third-order valence-corrected chi connectivity index (χ3v) is 2.01. The van der Waals surface area contributed by atoms with Crippen molar-refractivity contribution in [2.24, 2.45) is 0 Å². The van der Waals surface area contributed by atoms with Gasteiger partial charge in [-0.15, -0.1) is 11.8 Å². The van der Waals surface area contributed by atoms with Crippen LogP contribution in [0, 0.1) is 0 Å². The van der Waals surface area contributed by atoms with Crippen LogP contribution in [-0.4, -0.2) is 30.5 Å². The van der Waals surface area contributed by atoms with Crippen molar-refractivity contribution in [2.75, 3.05) is 19.8 Å². The Kier molecular flexibility index (Phi) is 5.03. The van der Waals surface area contributed by atoms with Gasteiger partial charge in [-0.2, -0.15) is 0 Å². The third kappa shape index (κ3) is 4.90. The number of thioether (sulfide) groups is 1. The maximum Gasteiger partial charge on any atom is 0.167 e. The molecule has 0 heterocycles. The Labute approximate surface area is 72.6 Å². The van der Waals surface area contributed by atoms with Gasteiger partial charge < -0.3 is 4.90 Å². The van der Waals surface area contributed by atoms with Crippen molar-refractivity contribution in [1.29, 1.82) is 0 Å². The fourth-order valence-corrected chi connectivity index (χ4v) is 1.42. The first-order chi connectivity index (χ1) is 5.07. The zero-order valence-electron chi connectivity index (χ0n) is 7.55. The van der Waals surface area contributed by atoms with Crippen molar-refractivity contribution in [3.63, 3.8) is 0 Å². The lowest BCUT2D eigenvalue weighted by Crippen LogP contribution is -2.05. The first-order valence-corrected chi connectivity index (χ1v) is 4.58. The molecule has 0 saturated heterocycles. The minimum atomic E-state index is 0.144. The van der Waals surface area contributed by atoms with Crippen LogP contribution in [0.4, 0.5) is 0 Å². The fourth-order valence-electron chi connectivity index (χ4n) is 0.620. The molecule has 0 amide bonds. The van der Waals surface area contributed by atoms with Crippen molar-refractivity contribution in [1.82, 2.24) is 4.90 Å². The summed E-state index contributed by atoms with van der Waals surface area (Å²) in [5.74, 6) is 1.09. The predicted octanol–water partition coefficient (Wildman–Crippen LogP) is 1.73. The van der Waals surface area contributed by atoms with Gasteiger partial charge in [0.05, 0.1) is 4.91 Å². The molecular formula is C8H15NOS. The monoisotopic (exact) mass is 173 g/mol. The van der Waals surface area contributed by atoms with Gasteiger partial charge in [0, 0.05) is 20.3 Å². The summed E-state index contributed by atoms with van der Waals surface area (Å²) in [6.45, 7) is 3.63. The fraction of sp³-hybridized carbons (Fsp3) is 0.625. The van der Waals surface area contributed by atoms with E-state index in [1.807, 2.05) is 32.1 Å². The number of hydrogen-bond donors (Lipinski definition) is 0. The largest absolute Gasteiger partial charge is 0.382 e. The number of carbonyl (C=O) groups is 1. The van der Waals surface area contributed by atoms with E-state index in [0.717, 1.165) is 10.7 Å². The van der Waals surface area contributed by atoms with E-state index < -0.39 is 0 Å². The third-order valence-electron chi connectivity index (χ3n) is 1.02. The summed E-state index contributed by atoms with van der Waals surface area (Å²) in [5.41, 5.74) is 0. The molecular weight excluding hydrogens is 158 g/mol. The van der Waals surface area contributed by atoms with E-state index in [-0.39, 0.29) is 5.78 Å². The maximum atomic E-state index is 11.0. The molecule has 0 aromatic heterocycles. The average molecular weight is 173 g/mol. The van der Waals surface area contributed by atoms with Gasteiger partial charge in [-0.3, -0.25) is 4.79 Å². The molecule has 0 radical (unpaired) electrons. The molecule has 64 valence electrons. The van der Waals surface area contributed by atoms with Crippen molar-refractivity contribution in [3.8, 4) is 0 Å². The number of carbonyl (C=O) groups excluding carboxylic acids is 1. The van der Waals surface area contributed by atoms with Crippen LogP contribution in [0.5, 0.6) is 0 Å². The van der Waals surface area contributed by atoms with Crippen LogP contribution in [0.2, 0.25) is 0 Å². The zero-order valence-corrected chi connectivity index (χ0v) is 8.36. The van der Waals surface area contributed by atoms with Gasteiger partial charge >= 0.3 is 0 Å². The molecule has 3 heteroatoms. The molecule has 0 bridgehead atoms. The number of hydrogen-bond acceptors (Lipinski definition) is 3. The first kappa shape index (κ1) is 10.6. The average Bonchev–Trinajstić information content (AvgIpc) is 1.86. The molecule has 0 unspecified atom stereocenters. The highest BCUT2D eigenvalue weighted by Crippen LogP contribution is 2.15. The number of Topliss-reactive ketones (excluding diaryl/α,β-unsaturated/α-hetero) is 1. The quantitative estimate of drug-likeness (QED) is 0.604. The molecule has 0 atom stereocenters. The SMILES string of the molecule is CCS/C(=C/N(C)C)C(C)=O. The van der Waals surface area contributed by atoms with Crippen LogP contribution >= 0.6 is 11.8 Å². The van der Waals surface area contributed by atoms with Crippen LogP contribution in [0.15, 0.2) is 11.1 Å². The summed E-state index contributed by atoms with van der Waals surface area (Å²) in [6.07, 6.45) is 1.86. The minimum absolute atomic E-state index is 0.144. The Hall–Kier alpha value is -0.440. The number of nitrogens with zero attached hydrogens (tertiary/aromatic N) is 1. The van der Waals surface area contributed by atoms with Crippen LogP contribution in [-0.2, 0) is 4.79 Å². The van der Waals surface area contributed by atoms with E-state index in [4.69, 9.17) is 0 Å². The Morgan fingerprint density at radius 3 is 2.36 bits per heavy atom. The summed E-state index contributed by atoms with van der Waals surface area (Å²) in [7, 11) is 3.83. The van der Waals surface area contributed by atoms with Gasteiger partial charge in [0.1, 0.15) is 0 Å². The lowest BCUT2D eigenvalue weighted by atomic mass is 10.4. The Morgan fingerprint density at radius 2 is 2.09 bits per heavy atom. The predicted molar refractivity (Wildman–Crippen MR) is 50.6 cm³/mol. The molecule has 0 aliphatic rings. The van der Waals surface area contributed by atoms with Gasteiger partial charge in [-0.25, -0.2) is 0 Å². The molecule has 0 N–H and O–H groups in total. The molecule has 0 aromatic rings. The maximum absolute atomic E-state index is 11.0. The normalized spacial score (nSPS) is 11.5. The molecule has 0 fully saturated rings. The molecule has 0 spiro atoms.